The lowest BCUT2D eigenvalue weighted by Gasteiger charge is -2.27. The molecule has 0 fully saturated rings. The van der Waals surface area contributed by atoms with Gasteiger partial charge in [0, 0.05) is 43.3 Å². The van der Waals surface area contributed by atoms with Crippen LogP contribution in [-0.4, -0.2) is 28.1 Å². The van der Waals surface area contributed by atoms with Crippen LogP contribution >= 0.6 is 0 Å². The molecule has 1 amide bonds. The molecule has 1 aromatic heterocycles. The van der Waals surface area contributed by atoms with E-state index in [0.717, 1.165) is 24.4 Å². The molecule has 5 nitrogen and oxygen atoms in total. The maximum atomic E-state index is 12.6. The molecule has 140 valence electrons. The SMILES string of the molecule is CCc1nccn1C(C)CC(=O)NC1COc2ccc3ccccc3c2C1. The Morgan fingerprint density at radius 3 is 3.04 bits per heavy atom. The minimum atomic E-state index is -0.00330. The van der Waals surface area contributed by atoms with E-state index in [0.29, 0.717) is 13.0 Å². The number of hydrogen-bond acceptors (Lipinski definition) is 3. The number of nitrogens with one attached hydrogen (secondary N) is 1. The third kappa shape index (κ3) is 3.54. The first-order chi connectivity index (χ1) is 13.2. The van der Waals surface area contributed by atoms with Gasteiger partial charge in [0.2, 0.25) is 5.91 Å². The number of rotatable bonds is 5. The molecule has 0 radical (unpaired) electrons. The number of aryl methyl sites for hydroxylation is 1. The molecule has 0 bridgehead atoms. The number of carbonyl (C=O) groups excluding carboxylic acids is 1. The lowest BCUT2D eigenvalue weighted by Crippen LogP contribution is -2.43. The van der Waals surface area contributed by atoms with Gasteiger partial charge in [0.15, 0.2) is 0 Å². The number of aromatic nitrogens is 2. The van der Waals surface area contributed by atoms with Crippen molar-refractivity contribution in [3.63, 3.8) is 0 Å². The highest BCUT2D eigenvalue weighted by atomic mass is 16.5. The van der Waals surface area contributed by atoms with Gasteiger partial charge in [-0.3, -0.25) is 4.79 Å². The van der Waals surface area contributed by atoms with Gasteiger partial charge in [-0.2, -0.15) is 0 Å². The number of benzene rings is 2. The van der Waals surface area contributed by atoms with E-state index >= 15 is 0 Å². The quantitative estimate of drug-likeness (QED) is 0.752. The Balaban J connectivity index is 1.44. The Morgan fingerprint density at radius 1 is 1.33 bits per heavy atom. The van der Waals surface area contributed by atoms with E-state index in [-0.39, 0.29) is 18.0 Å². The van der Waals surface area contributed by atoms with Gasteiger partial charge in [-0.15, -0.1) is 0 Å². The summed E-state index contributed by atoms with van der Waals surface area (Å²) < 4.78 is 8.01. The zero-order valence-electron chi connectivity index (χ0n) is 15.8. The van der Waals surface area contributed by atoms with Crippen molar-refractivity contribution >= 4 is 16.7 Å². The lowest BCUT2D eigenvalue weighted by atomic mass is 9.96. The molecule has 2 heterocycles. The summed E-state index contributed by atoms with van der Waals surface area (Å²) >= 11 is 0. The van der Waals surface area contributed by atoms with Gasteiger partial charge in [0.1, 0.15) is 18.2 Å². The molecule has 0 aliphatic carbocycles. The van der Waals surface area contributed by atoms with E-state index in [1.54, 1.807) is 6.20 Å². The Labute approximate surface area is 159 Å². The van der Waals surface area contributed by atoms with Gasteiger partial charge >= 0.3 is 0 Å². The summed E-state index contributed by atoms with van der Waals surface area (Å²) in [6.45, 7) is 4.64. The molecule has 0 spiro atoms. The molecule has 4 rings (SSSR count). The monoisotopic (exact) mass is 363 g/mol. The highest BCUT2D eigenvalue weighted by Gasteiger charge is 2.24. The molecule has 27 heavy (non-hydrogen) atoms. The van der Waals surface area contributed by atoms with Crippen molar-refractivity contribution < 1.29 is 9.53 Å². The van der Waals surface area contributed by atoms with E-state index in [1.165, 1.54) is 16.3 Å². The number of amides is 1. The topological polar surface area (TPSA) is 56.2 Å². The summed E-state index contributed by atoms with van der Waals surface area (Å²) in [5.41, 5.74) is 1.18. The van der Waals surface area contributed by atoms with Gasteiger partial charge in [-0.1, -0.05) is 37.3 Å². The molecule has 2 aromatic carbocycles. The third-order valence-corrected chi connectivity index (χ3v) is 5.27. The van der Waals surface area contributed by atoms with E-state index in [1.807, 2.05) is 24.4 Å². The predicted molar refractivity (Wildman–Crippen MR) is 106 cm³/mol. The van der Waals surface area contributed by atoms with E-state index in [9.17, 15) is 4.79 Å². The fourth-order valence-electron chi connectivity index (χ4n) is 3.92. The van der Waals surface area contributed by atoms with E-state index in [4.69, 9.17) is 4.74 Å². The molecule has 0 saturated carbocycles. The summed E-state index contributed by atoms with van der Waals surface area (Å²) in [5.74, 6) is 1.99. The standard InChI is InChI=1S/C22H25N3O2/c1-3-21-23-10-11-25(21)15(2)12-22(26)24-17-13-19-18-7-5-4-6-16(18)8-9-20(19)27-14-17/h4-11,15,17H,3,12-14H2,1-2H3,(H,24,26). The molecule has 1 N–H and O–H groups in total. The van der Waals surface area contributed by atoms with Crippen LogP contribution in [0.25, 0.3) is 10.8 Å². The second kappa shape index (κ2) is 7.43. The van der Waals surface area contributed by atoms with Crippen LogP contribution in [0.4, 0.5) is 0 Å². The largest absolute Gasteiger partial charge is 0.491 e. The molecular formula is C22H25N3O2. The average molecular weight is 363 g/mol. The molecule has 1 aliphatic rings. The van der Waals surface area contributed by atoms with Crippen LogP contribution in [0, 0.1) is 0 Å². The summed E-state index contributed by atoms with van der Waals surface area (Å²) in [7, 11) is 0. The number of fused-ring (bicyclic) bond motifs is 3. The fourth-order valence-corrected chi connectivity index (χ4v) is 3.92. The van der Waals surface area contributed by atoms with Crippen molar-refractivity contribution in [1.29, 1.82) is 0 Å². The molecule has 2 unspecified atom stereocenters. The van der Waals surface area contributed by atoms with Crippen molar-refractivity contribution in [3.05, 3.63) is 60.2 Å². The van der Waals surface area contributed by atoms with Gasteiger partial charge < -0.3 is 14.6 Å². The van der Waals surface area contributed by atoms with Crippen molar-refractivity contribution in [2.24, 2.45) is 0 Å². The number of nitrogens with zero attached hydrogens (tertiary/aromatic N) is 2. The average Bonchev–Trinajstić information content (AvgIpc) is 3.17. The molecular weight excluding hydrogens is 338 g/mol. The van der Waals surface area contributed by atoms with Gasteiger partial charge in [-0.25, -0.2) is 4.98 Å². The zero-order chi connectivity index (χ0) is 18.8. The Hall–Kier alpha value is -2.82. The maximum absolute atomic E-state index is 12.6. The number of carbonyl (C=O) groups is 1. The third-order valence-electron chi connectivity index (χ3n) is 5.27. The zero-order valence-corrected chi connectivity index (χ0v) is 15.8. The van der Waals surface area contributed by atoms with Crippen molar-refractivity contribution in [2.75, 3.05) is 6.61 Å². The van der Waals surface area contributed by atoms with Crippen LogP contribution in [0.1, 0.15) is 37.7 Å². The number of ether oxygens (including phenoxy) is 1. The Bertz CT molecular complexity index is 963. The van der Waals surface area contributed by atoms with Crippen LogP contribution in [0.15, 0.2) is 48.8 Å². The van der Waals surface area contributed by atoms with Gasteiger partial charge in [0.25, 0.3) is 0 Å². The van der Waals surface area contributed by atoms with E-state index < -0.39 is 0 Å². The normalized spacial score (nSPS) is 17.2. The smallest absolute Gasteiger partial charge is 0.222 e. The summed E-state index contributed by atoms with van der Waals surface area (Å²) in [6.07, 6.45) is 5.83. The highest BCUT2D eigenvalue weighted by Crippen LogP contribution is 2.32. The van der Waals surface area contributed by atoms with Gasteiger partial charge in [0.05, 0.1) is 6.04 Å². The Kier molecular flexibility index (Phi) is 4.84. The maximum Gasteiger partial charge on any atom is 0.222 e. The molecule has 1 aliphatic heterocycles. The minimum absolute atomic E-state index is 0.00330. The van der Waals surface area contributed by atoms with Crippen LogP contribution in [0.3, 0.4) is 0 Å². The molecule has 3 aromatic rings. The van der Waals surface area contributed by atoms with Crippen LogP contribution < -0.4 is 10.1 Å². The fraction of sp³-hybridized carbons (Fsp3) is 0.364. The predicted octanol–water partition coefficient (Wildman–Crippen LogP) is 3.67. The summed E-state index contributed by atoms with van der Waals surface area (Å²) in [6, 6.07) is 12.5. The molecule has 2 atom stereocenters. The van der Waals surface area contributed by atoms with Crippen LogP contribution in [0.2, 0.25) is 0 Å². The first kappa shape index (κ1) is 17.6. The second-order valence-corrected chi connectivity index (χ2v) is 7.20. The highest BCUT2D eigenvalue weighted by molar-refractivity contribution is 5.88. The summed E-state index contributed by atoms with van der Waals surface area (Å²) in [5, 5.41) is 5.56. The van der Waals surface area contributed by atoms with Crippen molar-refractivity contribution in [1.82, 2.24) is 14.9 Å². The number of hydrogen-bond donors (Lipinski definition) is 1. The van der Waals surface area contributed by atoms with Gasteiger partial charge in [-0.05, 0) is 23.8 Å². The second-order valence-electron chi connectivity index (χ2n) is 7.20. The minimum Gasteiger partial charge on any atom is -0.491 e. The van der Waals surface area contributed by atoms with E-state index in [2.05, 4.69) is 46.9 Å². The van der Waals surface area contributed by atoms with Crippen molar-refractivity contribution in [2.45, 2.75) is 45.2 Å². The number of imidazole rings is 1. The first-order valence-corrected chi connectivity index (χ1v) is 9.60. The van der Waals surface area contributed by atoms with Crippen LogP contribution in [0.5, 0.6) is 5.75 Å². The lowest BCUT2D eigenvalue weighted by molar-refractivity contribution is -0.122. The van der Waals surface area contributed by atoms with Crippen LogP contribution in [-0.2, 0) is 17.6 Å². The molecule has 5 heteroatoms. The molecule has 0 saturated heterocycles. The first-order valence-electron chi connectivity index (χ1n) is 9.60. The summed E-state index contributed by atoms with van der Waals surface area (Å²) in [4.78, 5) is 16.9. The Morgan fingerprint density at radius 2 is 2.19 bits per heavy atom. The van der Waals surface area contributed by atoms with Crippen molar-refractivity contribution in [3.8, 4) is 5.75 Å².